The molecule has 6 rings (SSSR count). The summed E-state index contributed by atoms with van der Waals surface area (Å²) in [6.07, 6.45) is 2.97. The first-order chi connectivity index (χ1) is 20.1. The number of fused-ring (bicyclic) bond motifs is 3. The molecule has 2 aromatic heterocycles. The molecule has 212 valence electrons. The third kappa shape index (κ3) is 6.20. The SMILES string of the molecule is COc1ccc(CNc2nc3cc(Br)ccc3c3c2cc(COC2CCCCO2)n3Cc2ccc(OC)cc2)cc1. The molecular formula is C33H34BrN3O4. The fourth-order valence-electron chi connectivity index (χ4n) is 5.35. The number of pyridine rings is 1. The monoisotopic (exact) mass is 615 g/mol. The zero-order valence-corrected chi connectivity index (χ0v) is 24.9. The lowest BCUT2D eigenvalue weighted by molar-refractivity contribution is -0.169. The summed E-state index contributed by atoms with van der Waals surface area (Å²) < 4.78 is 26.3. The van der Waals surface area contributed by atoms with Crippen LogP contribution in [0.2, 0.25) is 0 Å². The predicted octanol–water partition coefficient (Wildman–Crippen LogP) is 7.67. The van der Waals surface area contributed by atoms with Crippen molar-refractivity contribution in [1.29, 1.82) is 0 Å². The zero-order valence-electron chi connectivity index (χ0n) is 23.4. The van der Waals surface area contributed by atoms with Crippen molar-refractivity contribution in [2.75, 3.05) is 26.1 Å². The maximum absolute atomic E-state index is 6.31. The van der Waals surface area contributed by atoms with Gasteiger partial charge in [0.2, 0.25) is 0 Å². The Balaban J connectivity index is 1.43. The highest BCUT2D eigenvalue weighted by Gasteiger charge is 2.20. The molecule has 0 bridgehead atoms. The highest BCUT2D eigenvalue weighted by atomic mass is 79.9. The number of rotatable bonds is 10. The van der Waals surface area contributed by atoms with Crippen molar-refractivity contribution in [3.63, 3.8) is 0 Å². The standard InChI is InChI=1S/C33H34BrN3O4/c1-38-26-11-6-22(7-12-26)19-35-33-29-18-25(21-41-31-5-3-4-16-40-31)37(20-23-8-13-27(39-2)14-9-23)32(29)28-15-10-24(34)17-30(28)36-33/h6-15,17-18,31H,3-5,16,19-21H2,1-2H3,(H,35,36). The average molecular weight is 617 g/mol. The van der Waals surface area contributed by atoms with E-state index in [9.17, 15) is 0 Å². The number of nitrogens with zero attached hydrogens (tertiary/aromatic N) is 2. The summed E-state index contributed by atoms with van der Waals surface area (Å²) in [5.41, 5.74) is 5.44. The van der Waals surface area contributed by atoms with E-state index in [1.807, 2.05) is 24.3 Å². The number of anilines is 1. The van der Waals surface area contributed by atoms with Crippen molar-refractivity contribution in [1.82, 2.24) is 9.55 Å². The van der Waals surface area contributed by atoms with Crippen LogP contribution >= 0.6 is 15.9 Å². The Kier molecular flexibility index (Phi) is 8.41. The second kappa shape index (κ2) is 12.5. The van der Waals surface area contributed by atoms with Crippen LogP contribution in [0, 0.1) is 0 Å². The molecule has 3 heterocycles. The van der Waals surface area contributed by atoms with Gasteiger partial charge in [-0.25, -0.2) is 4.98 Å². The van der Waals surface area contributed by atoms with Crippen LogP contribution in [0.15, 0.2) is 77.3 Å². The highest BCUT2D eigenvalue weighted by Crippen LogP contribution is 2.35. The van der Waals surface area contributed by atoms with Gasteiger partial charge in [0, 0.05) is 40.6 Å². The van der Waals surface area contributed by atoms with Crippen molar-refractivity contribution in [2.24, 2.45) is 0 Å². The van der Waals surface area contributed by atoms with E-state index < -0.39 is 0 Å². The van der Waals surface area contributed by atoms with Crippen LogP contribution in [0.3, 0.4) is 0 Å². The van der Waals surface area contributed by atoms with Gasteiger partial charge in [-0.2, -0.15) is 0 Å². The molecule has 1 atom stereocenters. The number of ether oxygens (including phenoxy) is 4. The number of benzene rings is 3. The molecule has 1 fully saturated rings. The molecule has 1 unspecified atom stereocenters. The number of halogens is 1. The van der Waals surface area contributed by atoms with E-state index >= 15 is 0 Å². The first-order valence-electron chi connectivity index (χ1n) is 14.0. The Bertz CT molecular complexity index is 1630. The second-order valence-electron chi connectivity index (χ2n) is 10.3. The highest BCUT2D eigenvalue weighted by molar-refractivity contribution is 9.10. The van der Waals surface area contributed by atoms with Gasteiger partial charge in [-0.1, -0.05) is 40.2 Å². The lowest BCUT2D eigenvalue weighted by Crippen LogP contribution is -2.22. The van der Waals surface area contributed by atoms with Crippen molar-refractivity contribution in [3.05, 3.63) is 94.1 Å². The Morgan fingerprint density at radius 3 is 2.32 bits per heavy atom. The van der Waals surface area contributed by atoms with Crippen molar-refractivity contribution < 1.29 is 18.9 Å². The Morgan fingerprint density at radius 2 is 1.63 bits per heavy atom. The summed E-state index contributed by atoms with van der Waals surface area (Å²) in [6, 6.07) is 24.8. The third-order valence-electron chi connectivity index (χ3n) is 7.56. The molecule has 3 aromatic carbocycles. The van der Waals surface area contributed by atoms with Crippen LogP contribution in [-0.2, 0) is 29.2 Å². The van der Waals surface area contributed by atoms with Gasteiger partial charge in [-0.3, -0.25) is 0 Å². The van der Waals surface area contributed by atoms with E-state index in [2.05, 4.69) is 74.3 Å². The quantitative estimate of drug-likeness (QED) is 0.174. The minimum absolute atomic E-state index is 0.172. The van der Waals surface area contributed by atoms with E-state index in [1.54, 1.807) is 14.2 Å². The van der Waals surface area contributed by atoms with Crippen LogP contribution in [0.4, 0.5) is 5.82 Å². The number of hydrogen-bond donors (Lipinski definition) is 1. The molecule has 0 saturated carbocycles. The Hall–Kier alpha value is -3.59. The average Bonchev–Trinajstić information content (AvgIpc) is 3.38. The van der Waals surface area contributed by atoms with E-state index in [0.29, 0.717) is 19.7 Å². The second-order valence-corrected chi connectivity index (χ2v) is 11.2. The molecule has 7 nitrogen and oxygen atoms in total. The fraction of sp³-hybridized carbons (Fsp3) is 0.303. The van der Waals surface area contributed by atoms with Gasteiger partial charge in [0.1, 0.15) is 17.3 Å². The van der Waals surface area contributed by atoms with Crippen molar-refractivity contribution in [2.45, 2.75) is 45.2 Å². The smallest absolute Gasteiger partial charge is 0.158 e. The summed E-state index contributed by atoms with van der Waals surface area (Å²) >= 11 is 3.65. The van der Waals surface area contributed by atoms with Gasteiger partial charge in [0.05, 0.1) is 31.9 Å². The van der Waals surface area contributed by atoms with Gasteiger partial charge < -0.3 is 28.8 Å². The summed E-state index contributed by atoms with van der Waals surface area (Å²) in [5, 5.41) is 5.77. The molecule has 1 aliphatic heterocycles. The maximum Gasteiger partial charge on any atom is 0.158 e. The molecule has 8 heteroatoms. The molecule has 1 aliphatic rings. The van der Waals surface area contributed by atoms with Crippen LogP contribution in [0.25, 0.3) is 21.8 Å². The molecule has 41 heavy (non-hydrogen) atoms. The number of aromatic nitrogens is 2. The third-order valence-corrected chi connectivity index (χ3v) is 8.05. The summed E-state index contributed by atoms with van der Waals surface area (Å²) in [7, 11) is 3.37. The van der Waals surface area contributed by atoms with Gasteiger partial charge >= 0.3 is 0 Å². The summed E-state index contributed by atoms with van der Waals surface area (Å²) in [6.45, 7) is 2.52. The van der Waals surface area contributed by atoms with E-state index in [-0.39, 0.29) is 6.29 Å². The number of hydrogen-bond acceptors (Lipinski definition) is 6. The van der Waals surface area contributed by atoms with E-state index in [4.69, 9.17) is 23.9 Å². The molecule has 5 aromatic rings. The zero-order chi connectivity index (χ0) is 28.2. The van der Waals surface area contributed by atoms with Crippen LogP contribution in [0.1, 0.15) is 36.1 Å². The van der Waals surface area contributed by atoms with Gasteiger partial charge in [0.25, 0.3) is 0 Å². The molecule has 0 aliphatic carbocycles. The molecule has 0 amide bonds. The first-order valence-corrected chi connectivity index (χ1v) is 14.7. The lowest BCUT2D eigenvalue weighted by Gasteiger charge is -2.23. The normalized spacial score (nSPS) is 15.3. The number of nitrogens with one attached hydrogen (secondary N) is 1. The molecule has 0 radical (unpaired) electrons. The lowest BCUT2D eigenvalue weighted by atomic mass is 10.1. The maximum atomic E-state index is 6.31. The molecule has 1 N–H and O–H groups in total. The topological polar surface area (TPSA) is 66.8 Å². The van der Waals surface area contributed by atoms with E-state index in [0.717, 1.165) is 80.7 Å². The van der Waals surface area contributed by atoms with Crippen molar-refractivity contribution in [3.8, 4) is 11.5 Å². The fourth-order valence-corrected chi connectivity index (χ4v) is 5.70. The van der Waals surface area contributed by atoms with Crippen molar-refractivity contribution >= 4 is 43.6 Å². The first kappa shape index (κ1) is 27.6. The number of methoxy groups -OCH3 is 2. The molecular weight excluding hydrogens is 582 g/mol. The van der Waals surface area contributed by atoms with E-state index in [1.165, 1.54) is 5.56 Å². The summed E-state index contributed by atoms with van der Waals surface area (Å²) in [4.78, 5) is 5.09. The van der Waals surface area contributed by atoms with Gasteiger partial charge in [-0.15, -0.1) is 0 Å². The molecule has 1 saturated heterocycles. The minimum atomic E-state index is -0.172. The van der Waals surface area contributed by atoms with Crippen LogP contribution < -0.4 is 14.8 Å². The Morgan fingerprint density at radius 1 is 0.902 bits per heavy atom. The Labute approximate surface area is 248 Å². The van der Waals surface area contributed by atoms with Gasteiger partial charge in [0.15, 0.2) is 6.29 Å². The summed E-state index contributed by atoms with van der Waals surface area (Å²) in [5.74, 6) is 2.52. The van der Waals surface area contributed by atoms with Crippen LogP contribution in [-0.4, -0.2) is 36.7 Å². The molecule has 0 spiro atoms. The van der Waals surface area contributed by atoms with Crippen LogP contribution in [0.5, 0.6) is 11.5 Å². The van der Waals surface area contributed by atoms with Gasteiger partial charge in [-0.05, 0) is 78.9 Å². The largest absolute Gasteiger partial charge is 0.497 e. The minimum Gasteiger partial charge on any atom is -0.497 e. The predicted molar refractivity (Wildman–Crippen MR) is 166 cm³/mol.